The average Bonchev–Trinajstić information content (AvgIpc) is 2.67. The molecule has 0 amide bonds. The van der Waals surface area contributed by atoms with E-state index in [1.54, 1.807) is 0 Å². The van der Waals surface area contributed by atoms with Gasteiger partial charge in [-0.1, -0.05) is 41.4 Å². The second-order valence-electron chi connectivity index (χ2n) is 4.95. The predicted octanol–water partition coefficient (Wildman–Crippen LogP) is 2.79. The van der Waals surface area contributed by atoms with E-state index < -0.39 is 0 Å². The van der Waals surface area contributed by atoms with Gasteiger partial charge in [0.2, 0.25) is 0 Å². The van der Waals surface area contributed by atoms with Crippen LogP contribution in [-0.4, -0.2) is 15.6 Å². The van der Waals surface area contributed by atoms with Gasteiger partial charge in [-0.05, 0) is 19.8 Å². The summed E-state index contributed by atoms with van der Waals surface area (Å²) in [5, 5.41) is 0.623. The molecule has 3 nitrogen and oxygen atoms in total. The fraction of sp³-hybridized carbons (Fsp3) is 0.357. The fourth-order valence-electron chi connectivity index (χ4n) is 2.46. The molecule has 1 unspecified atom stereocenters. The molecule has 0 saturated heterocycles. The van der Waals surface area contributed by atoms with E-state index in [0.29, 0.717) is 5.15 Å². The summed E-state index contributed by atoms with van der Waals surface area (Å²) in [5.41, 5.74) is 9.50. The average molecular weight is 262 g/mol. The topological polar surface area (TPSA) is 43.8 Å². The van der Waals surface area contributed by atoms with Crippen molar-refractivity contribution in [1.29, 1.82) is 0 Å². The van der Waals surface area contributed by atoms with Crippen LogP contribution in [0, 0.1) is 6.92 Å². The Morgan fingerprint density at radius 1 is 1.33 bits per heavy atom. The van der Waals surface area contributed by atoms with Crippen molar-refractivity contribution in [2.45, 2.75) is 32.4 Å². The fourth-order valence-corrected chi connectivity index (χ4v) is 2.74. The molecule has 1 aliphatic rings. The first-order chi connectivity index (χ1) is 8.65. The largest absolute Gasteiger partial charge is 0.326 e. The number of nitrogens with two attached hydrogens (primary N) is 1. The second kappa shape index (κ2) is 4.41. The minimum atomic E-state index is 0.201. The molecule has 94 valence electrons. The van der Waals surface area contributed by atoms with Crippen molar-refractivity contribution in [3.05, 3.63) is 40.7 Å². The lowest BCUT2D eigenvalue weighted by atomic mass is 10.1. The maximum absolute atomic E-state index is 6.22. The number of benzene rings is 1. The number of rotatable bonds is 1. The van der Waals surface area contributed by atoms with Gasteiger partial charge in [-0.3, -0.25) is 0 Å². The number of aryl methyl sites for hydroxylation is 1. The van der Waals surface area contributed by atoms with Gasteiger partial charge in [0.1, 0.15) is 5.82 Å². The number of imidazole rings is 1. The predicted molar refractivity (Wildman–Crippen MR) is 73.7 cm³/mol. The summed E-state index contributed by atoms with van der Waals surface area (Å²) in [5.74, 6) is 0.935. The van der Waals surface area contributed by atoms with Crippen molar-refractivity contribution >= 4 is 11.6 Å². The van der Waals surface area contributed by atoms with E-state index in [2.05, 4.69) is 40.7 Å². The van der Waals surface area contributed by atoms with Crippen molar-refractivity contribution in [2.24, 2.45) is 5.73 Å². The molecule has 2 heterocycles. The third-order valence-electron chi connectivity index (χ3n) is 3.50. The van der Waals surface area contributed by atoms with Crippen molar-refractivity contribution in [3.8, 4) is 11.4 Å². The summed E-state index contributed by atoms with van der Waals surface area (Å²) in [6.45, 7) is 2.88. The van der Waals surface area contributed by atoms with Gasteiger partial charge in [0.25, 0.3) is 0 Å². The number of fused-ring (bicyclic) bond motifs is 1. The standard InChI is InChI=1S/C14H16ClN3/c1-9-2-4-10(5-3-9)14-17-13(15)12-7-6-11(16)8-18(12)14/h2-5,11H,6-8,16H2,1H3. The van der Waals surface area contributed by atoms with E-state index in [9.17, 15) is 0 Å². The molecule has 18 heavy (non-hydrogen) atoms. The number of hydrogen-bond acceptors (Lipinski definition) is 2. The molecule has 2 N–H and O–H groups in total. The van der Waals surface area contributed by atoms with Crippen molar-refractivity contribution < 1.29 is 0 Å². The van der Waals surface area contributed by atoms with E-state index >= 15 is 0 Å². The zero-order valence-electron chi connectivity index (χ0n) is 10.4. The zero-order chi connectivity index (χ0) is 12.7. The van der Waals surface area contributed by atoms with Gasteiger partial charge in [0.15, 0.2) is 5.15 Å². The van der Waals surface area contributed by atoms with E-state index in [0.717, 1.165) is 36.5 Å². The van der Waals surface area contributed by atoms with Crippen LogP contribution in [-0.2, 0) is 13.0 Å². The maximum atomic E-state index is 6.22. The Kier molecular flexibility index (Phi) is 2.88. The summed E-state index contributed by atoms with van der Waals surface area (Å²) in [6, 6.07) is 8.55. The van der Waals surface area contributed by atoms with E-state index in [-0.39, 0.29) is 6.04 Å². The monoisotopic (exact) mass is 261 g/mol. The molecule has 0 saturated carbocycles. The van der Waals surface area contributed by atoms with Crippen molar-refractivity contribution in [2.75, 3.05) is 0 Å². The number of hydrogen-bond donors (Lipinski definition) is 1. The van der Waals surface area contributed by atoms with Gasteiger partial charge in [0, 0.05) is 18.2 Å². The Hall–Kier alpha value is -1.32. The van der Waals surface area contributed by atoms with E-state index in [1.807, 2.05) is 0 Å². The van der Waals surface area contributed by atoms with Crippen molar-refractivity contribution in [3.63, 3.8) is 0 Å². The second-order valence-corrected chi connectivity index (χ2v) is 5.31. The highest BCUT2D eigenvalue weighted by Crippen LogP contribution is 2.29. The maximum Gasteiger partial charge on any atom is 0.150 e. The Balaban J connectivity index is 2.10. The molecule has 2 aromatic rings. The molecule has 1 aliphatic heterocycles. The van der Waals surface area contributed by atoms with Crippen molar-refractivity contribution in [1.82, 2.24) is 9.55 Å². The summed E-state index contributed by atoms with van der Waals surface area (Å²) >= 11 is 6.22. The van der Waals surface area contributed by atoms with Crippen LogP contribution in [0.25, 0.3) is 11.4 Å². The quantitative estimate of drug-likeness (QED) is 0.858. The minimum absolute atomic E-state index is 0.201. The molecule has 1 aromatic carbocycles. The lowest BCUT2D eigenvalue weighted by molar-refractivity contribution is 0.464. The molecule has 0 radical (unpaired) electrons. The summed E-state index contributed by atoms with van der Waals surface area (Å²) in [6.07, 6.45) is 1.90. The molecule has 1 aromatic heterocycles. The van der Waals surface area contributed by atoms with Gasteiger partial charge in [-0.2, -0.15) is 0 Å². The van der Waals surface area contributed by atoms with Crippen LogP contribution in [0.2, 0.25) is 5.15 Å². The first kappa shape index (κ1) is 11.8. The number of aromatic nitrogens is 2. The highest BCUT2D eigenvalue weighted by Gasteiger charge is 2.23. The molecule has 1 atom stereocenters. The van der Waals surface area contributed by atoms with Gasteiger partial charge >= 0.3 is 0 Å². The molecule has 0 aliphatic carbocycles. The van der Waals surface area contributed by atoms with Crippen LogP contribution in [0.1, 0.15) is 17.7 Å². The highest BCUT2D eigenvalue weighted by atomic mass is 35.5. The summed E-state index contributed by atoms with van der Waals surface area (Å²) in [7, 11) is 0. The minimum Gasteiger partial charge on any atom is -0.326 e. The molecular weight excluding hydrogens is 246 g/mol. The number of halogens is 1. The summed E-state index contributed by atoms with van der Waals surface area (Å²) < 4.78 is 2.17. The Bertz CT molecular complexity index is 571. The Morgan fingerprint density at radius 2 is 2.06 bits per heavy atom. The first-order valence-corrected chi connectivity index (χ1v) is 6.60. The first-order valence-electron chi connectivity index (χ1n) is 6.22. The highest BCUT2D eigenvalue weighted by molar-refractivity contribution is 6.30. The normalized spacial score (nSPS) is 18.7. The third-order valence-corrected chi connectivity index (χ3v) is 3.81. The lowest BCUT2D eigenvalue weighted by Gasteiger charge is -2.22. The molecule has 0 spiro atoms. The number of nitrogens with zero attached hydrogens (tertiary/aromatic N) is 2. The zero-order valence-corrected chi connectivity index (χ0v) is 11.1. The van der Waals surface area contributed by atoms with Gasteiger partial charge in [-0.25, -0.2) is 4.98 Å². The van der Waals surface area contributed by atoms with Gasteiger partial charge < -0.3 is 10.3 Å². The van der Waals surface area contributed by atoms with Gasteiger partial charge in [-0.15, -0.1) is 0 Å². The van der Waals surface area contributed by atoms with Crippen LogP contribution < -0.4 is 5.73 Å². The van der Waals surface area contributed by atoms with E-state index in [1.165, 1.54) is 5.56 Å². The Labute approximate surface area is 112 Å². The van der Waals surface area contributed by atoms with Crippen LogP contribution >= 0.6 is 11.6 Å². The van der Waals surface area contributed by atoms with Gasteiger partial charge in [0.05, 0.1) is 5.69 Å². The van der Waals surface area contributed by atoms with Crippen LogP contribution in [0.4, 0.5) is 0 Å². The smallest absolute Gasteiger partial charge is 0.150 e. The van der Waals surface area contributed by atoms with Crippen LogP contribution in [0.5, 0.6) is 0 Å². The van der Waals surface area contributed by atoms with Crippen LogP contribution in [0.15, 0.2) is 24.3 Å². The Morgan fingerprint density at radius 3 is 2.78 bits per heavy atom. The SMILES string of the molecule is Cc1ccc(-c2nc(Cl)c3n2CC(N)CC3)cc1. The molecule has 3 rings (SSSR count). The lowest BCUT2D eigenvalue weighted by Crippen LogP contribution is -2.32. The van der Waals surface area contributed by atoms with E-state index in [4.69, 9.17) is 17.3 Å². The molecule has 4 heteroatoms. The molecular formula is C14H16ClN3. The molecule has 0 bridgehead atoms. The van der Waals surface area contributed by atoms with Crippen LogP contribution in [0.3, 0.4) is 0 Å². The third kappa shape index (κ3) is 1.93. The molecule has 0 fully saturated rings. The summed E-state index contributed by atoms with van der Waals surface area (Å²) in [4.78, 5) is 4.50.